The number of hydrogen-bond donors (Lipinski definition) is 2. The molecule has 146 valence electrons. The number of benzene rings is 2. The van der Waals surface area contributed by atoms with Gasteiger partial charge in [-0.2, -0.15) is 0 Å². The summed E-state index contributed by atoms with van der Waals surface area (Å²) in [5, 5.41) is 0. The van der Waals surface area contributed by atoms with Crippen LogP contribution < -0.4 is 16.2 Å². The predicted molar refractivity (Wildman–Crippen MR) is 112 cm³/mol. The van der Waals surface area contributed by atoms with Crippen LogP contribution in [0.25, 0.3) is 0 Å². The molecule has 0 aliphatic carbocycles. The maximum atomic E-state index is 12.7. The molecule has 2 rings (SSSR count). The minimum Gasteiger partial charge on any atom is -0.489 e. The van der Waals surface area contributed by atoms with Crippen LogP contribution in [0.3, 0.4) is 0 Å². The summed E-state index contributed by atoms with van der Waals surface area (Å²) in [5.74, 6) is 0.579. The molecule has 27 heavy (non-hydrogen) atoms. The average Bonchev–Trinajstić information content (AvgIpc) is 2.61. The Balaban J connectivity index is 2.12. The molecule has 2 aromatic rings. The molecule has 0 aromatic heterocycles. The summed E-state index contributed by atoms with van der Waals surface area (Å²) in [7, 11) is 0. The largest absolute Gasteiger partial charge is 0.489 e. The second-order valence-corrected chi connectivity index (χ2v) is 7.51. The highest BCUT2D eigenvalue weighted by atomic mass is 16.5. The second-order valence-electron chi connectivity index (χ2n) is 7.51. The van der Waals surface area contributed by atoms with Crippen LogP contribution >= 0.6 is 0 Å². The quantitative estimate of drug-likeness (QED) is 0.543. The van der Waals surface area contributed by atoms with E-state index >= 15 is 0 Å². The summed E-state index contributed by atoms with van der Waals surface area (Å²) in [5.41, 5.74) is 13.5. The van der Waals surface area contributed by atoms with Gasteiger partial charge in [0.2, 0.25) is 0 Å². The average molecular weight is 370 g/mol. The maximum Gasteiger partial charge on any atom is 0.193 e. The number of nitrogens with two attached hydrogens (primary N) is 2. The Morgan fingerprint density at radius 1 is 0.926 bits per heavy atom. The molecule has 0 aliphatic rings. The lowest BCUT2D eigenvalue weighted by Gasteiger charge is -2.32. The molecule has 1 atom stereocenters. The molecule has 0 aliphatic heterocycles. The first-order valence-corrected chi connectivity index (χ1v) is 9.41. The second kappa shape index (κ2) is 8.91. The third-order valence-corrected chi connectivity index (χ3v) is 4.58. The Morgan fingerprint density at radius 3 is 2.15 bits per heavy atom. The number of ether oxygens (including phenoxy) is 1. The number of carbonyl (C=O) groups excluding carboxylic acids is 1. The van der Waals surface area contributed by atoms with Crippen LogP contribution in [-0.2, 0) is 0 Å². The number of nitrogen functional groups attached to an aromatic ring is 2. The van der Waals surface area contributed by atoms with E-state index in [0.717, 1.165) is 6.54 Å². The molecular weight excluding hydrogens is 338 g/mol. The van der Waals surface area contributed by atoms with Gasteiger partial charge in [-0.05, 0) is 65.0 Å². The minimum absolute atomic E-state index is 0.00678. The molecule has 4 N–H and O–H groups in total. The SMILES string of the molecule is CC(CN(C(C)C)C(C)C)Oc1cccc(C(=O)c2ccc(N)c(N)c2)c1. The standard InChI is InChI=1S/C22H31N3O2/c1-14(2)25(15(3)4)13-16(5)27-19-8-6-7-17(11-19)22(26)18-9-10-20(23)21(24)12-18/h6-12,14-16H,13,23-24H2,1-5H3. The molecule has 0 heterocycles. The molecule has 0 fully saturated rings. The fraction of sp³-hybridized carbons (Fsp3) is 0.409. The third-order valence-electron chi connectivity index (χ3n) is 4.58. The van der Waals surface area contributed by atoms with Gasteiger partial charge in [0, 0.05) is 29.8 Å². The molecule has 0 saturated carbocycles. The van der Waals surface area contributed by atoms with Crippen LogP contribution in [0.1, 0.15) is 50.5 Å². The van der Waals surface area contributed by atoms with E-state index in [2.05, 4.69) is 32.6 Å². The summed E-state index contributed by atoms with van der Waals surface area (Å²) < 4.78 is 6.08. The van der Waals surface area contributed by atoms with E-state index in [0.29, 0.717) is 40.3 Å². The molecule has 5 heteroatoms. The Labute approximate surface area is 162 Å². The fourth-order valence-electron chi connectivity index (χ4n) is 3.18. The van der Waals surface area contributed by atoms with Crippen LogP contribution in [-0.4, -0.2) is 35.4 Å². The number of nitrogens with zero attached hydrogens (tertiary/aromatic N) is 1. The van der Waals surface area contributed by atoms with Crippen molar-refractivity contribution in [3.8, 4) is 5.75 Å². The van der Waals surface area contributed by atoms with Crippen LogP contribution in [0.4, 0.5) is 11.4 Å². The maximum absolute atomic E-state index is 12.7. The van der Waals surface area contributed by atoms with E-state index in [1.54, 1.807) is 30.3 Å². The van der Waals surface area contributed by atoms with Gasteiger partial charge in [0.1, 0.15) is 11.9 Å². The van der Waals surface area contributed by atoms with Crippen molar-refractivity contribution in [3.05, 3.63) is 53.6 Å². The van der Waals surface area contributed by atoms with E-state index in [-0.39, 0.29) is 11.9 Å². The summed E-state index contributed by atoms with van der Waals surface area (Å²) >= 11 is 0. The first-order chi connectivity index (χ1) is 12.7. The lowest BCUT2D eigenvalue weighted by molar-refractivity contribution is 0.0989. The molecule has 0 spiro atoms. The van der Waals surface area contributed by atoms with Crippen molar-refractivity contribution in [2.75, 3.05) is 18.0 Å². The third kappa shape index (κ3) is 5.47. The number of carbonyl (C=O) groups is 1. The van der Waals surface area contributed by atoms with E-state index in [1.165, 1.54) is 0 Å². The molecule has 0 amide bonds. The summed E-state index contributed by atoms with van der Waals surface area (Å²) in [6, 6.07) is 13.1. The van der Waals surface area contributed by atoms with Gasteiger partial charge in [-0.15, -0.1) is 0 Å². The topological polar surface area (TPSA) is 81.6 Å². The minimum atomic E-state index is -0.106. The van der Waals surface area contributed by atoms with Crippen molar-refractivity contribution in [1.82, 2.24) is 4.90 Å². The van der Waals surface area contributed by atoms with Crippen molar-refractivity contribution in [1.29, 1.82) is 0 Å². The van der Waals surface area contributed by atoms with Crippen LogP contribution in [0.2, 0.25) is 0 Å². The highest BCUT2D eigenvalue weighted by Crippen LogP contribution is 2.22. The summed E-state index contributed by atoms with van der Waals surface area (Å²) in [4.78, 5) is 15.1. The Bertz CT molecular complexity index is 779. The van der Waals surface area contributed by atoms with E-state index in [4.69, 9.17) is 16.2 Å². The van der Waals surface area contributed by atoms with Gasteiger partial charge in [-0.25, -0.2) is 0 Å². The van der Waals surface area contributed by atoms with Crippen molar-refractivity contribution in [2.45, 2.75) is 52.8 Å². The highest BCUT2D eigenvalue weighted by Gasteiger charge is 2.18. The van der Waals surface area contributed by atoms with Crippen LogP contribution in [0, 0.1) is 0 Å². The Kier molecular flexibility index (Phi) is 6.86. The molecule has 2 aromatic carbocycles. The molecule has 5 nitrogen and oxygen atoms in total. The lowest BCUT2D eigenvalue weighted by Crippen LogP contribution is -2.42. The van der Waals surface area contributed by atoms with Gasteiger partial charge in [0.25, 0.3) is 0 Å². The van der Waals surface area contributed by atoms with Crippen molar-refractivity contribution in [3.63, 3.8) is 0 Å². The fourth-order valence-corrected chi connectivity index (χ4v) is 3.18. The van der Waals surface area contributed by atoms with Crippen LogP contribution in [0.5, 0.6) is 5.75 Å². The van der Waals surface area contributed by atoms with Gasteiger partial charge in [0.05, 0.1) is 11.4 Å². The monoisotopic (exact) mass is 369 g/mol. The number of ketones is 1. The van der Waals surface area contributed by atoms with Gasteiger partial charge >= 0.3 is 0 Å². The van der Waals surface area contributed by atoms with Crippen molar-refractivity contribution in [2.24, 2.45) is 0 Å². The summed E-state index contributed by atoms with van der Waals surface area (Å²) in [6.45, 7) is 11.6. The van der Waals surface area contributed by atoms with Gasteiger partial charge < -0.3 is 16.2 Å². The zero-order valence-electron chi connectivity index (χ0n) is 16.9. The van der Waals surface area contributed by atoms with E-state index < -0.39 is 0 Å². The number of rotatable bonds is 8. The number of anilines is 2. The predicted octanol–water partition coefficient (Wildman–Crippen LogP) is 3.97. The highest BCUT2D eigenvalue weighted by molar-refractivity contribution is 6.10. The first-order valence-electron chi connectivity index (χ1n) is 9.41. The van der Waals surface area contributed by atoms with Gasteiger partial charge in [0.15, 0.2) is 5.78 Å². The van der Waals surface area contributed by atoms with E-state index in [9.17, 15) is 4.79 Å². The van der Waals surface area contributed by atoms with Crippen molar-refractivity contribution >= 4 is 17.2 Å². The molecule has 0 saturated heterocycles. The lowest BCUT2D eigenvalue weighted by atomic mass is 10.0. The van der Waals surface area contributed by atoms with Crippen LogP contribution in [0.15, 0.2) is 42.5 Å². The van der Waals surface area contributed by atoms with E-state index in [1.807, 2.05) is 19.1 Å². The zero-order valence-corrected chi connectivity index (χ0v) is 16.9. The smallest absolute Gasteiger partial charge is 0.193 e. The zero-order chi connectivity index (χ0) is 20.1. The Hall–Kier alpha value is -2.53. The molecule has 1 unspecified atom stereocenters. The number of hydrogen-bond acceptors (Lipinski definition) is 5. The van der Waals surface area contributed by atoms with Gasteiger partial charge in [-0.3, -0.25) is 9.69 Å². The molecular formula is C22H31N3O2. The Morgan fingerprint density at radius 2 is 1.56 bits per heavy atom. The first kappa shape index (κ1) is 20.8. The van der Waals surface area contributed by atoms with Crippen molar-refractivity contribution < 1.29 is 9.53 Å². The normalized spacial score (nSPS) is 12.6. The molecule has 0 radical (unpaired) electrons. The summed E-state index contributed by atoms with van der Waals surface area (Å²) in [6.07, 6.45) is 0.00678. The van der Waals surface area contributed by atoms with Gasteiger partial charge in [-0.1, -0.05) is 12.1 Å². The molecule has 0 bridgehead atoms.